The number of aliphatic imine (C=N–C) groups is 1. The predicted octanol–water partition coefficient (Wildman–Crippen LogP) is 0.879. The normalized spacial score (nSPS) is 15.9. The Balaban J connectivity index is 2.01. The number of guanidine groups is 1. The third kappa shape index (κ3) is 2.66. The van der Waals surface area contributed by atoms with E-state index in [4.69, 9.17) is 5.73 Å². The lowest BCUT2D eigenvalue weighted by Crippen LogP contribution is -2.23. The standard InChI is InChI=1S/C9H11N5O2/c10-9(12-6-1-2-6)13-8-4-3-7(5-11-8)14(15)16/h3-6H,1-2H2,(H3,10,11,12,13). The fourth-order valence-electron chi connectivity index (χ4n) is 1.13. The molecular formula is C9H11N5O2. The predicted molar refractivity (Wildman–Crippen MR) is 59.2 cm³/mol. The molecule has 0 atom stereocenters. The van der Waals surface area contributed by atoms with Crippen molar-refractivity contribution in [2.75, 3.05) is 5.32 Å². The van der Waals surface area contributed by atoms with Crippen molar-refractivity contribution in [2.24, 2.45) is 10.7 Å². The van der Waals surface area contributed by atoms with Crippen LogP contribution in [0.25, 0.3) is 0 Å². The quantitative estimate of drug-likeness (QED) is 0.341. The summed E-state index contributed by atoms with van der Waals surface area (Å²) in [4.78, 5) is 17.9. The van der Waals surface area contributed by atoms with E-state index in [-0.39, 0.29) is 5.69 Å². The van der Waals surface area contributed by atoms with E-state index in [2.05, 4.69) is 15.3 Å². The molecule has 1 aromatic rings. The molecule has 0 amide bonds. The van der Waals surface area contributed by atoms with Crippen LogP contribution in [0.1, 0.15) is 12.8 Å². The first-order chi connectivity index (χ1) is 7.65. The van der Waals surface area contributed by atoms with Gasteiger partial charge in [0.15, 0.2) is 5.96 Å². The van der Waals surface area contributed by atoms with Crippen LogP contribution in [0.15, 0.2) is 23.3 Å². The smallest absolute Gasteiger partial charge is 0.287 e. The van der Waals surface area contributed by atoms with E-state index in [1.165, 1.54) is 18.3 Å². The van der Waals surface area contributed by atoms with Crippen LogP contribution in [0.4, 0.5) is 11.5 Å². The Bertz CT molecular complexity index is 424. The van der Waals surface area contributed by atoms with Gasteiger partial charge in [0, 0.05) is 6.07 Å². The summed E-state index contributed by atoms with van der Waals surface area (Å²) in [6.07, 6.45) is 3.30. The van der Waals surface area contributed by atoms with Crippen LogP contribution >= 0.6 is 0 Å². The van der Waals surface area contributed by atoms with Gasteiger partial charge in [0.1, 0.15) is 12.0 Å². The Labute approximate surface area is 91.5 Å². The van der Waals surface area contributed by atoms with Gasteiger partial charge in [-0.3, -0.25) is 10.1 Å². The molecule has 1 saturated carbocycles. The van der Waals surface area contributed by atoms with Crippen LogP contribution in [0.3, 0.4) is 0 Å². The summed E-state index contributed by atoms with van der Waals surface area (Å²) in [5.74, 6) is 0.747. The van der Waals surface area contributed by atoms with E-state index in [0.29, 0.717) is 17.8 Å². The molecule has 1 aliphatic rings. The third-order valence-corrected chi connectivity index (χ3v) is 2.08. The van der Waals surface area contributed by atoms with Crippen molar-refractivity contribution >= 4 is 17.5 Å². The largest absolute Gasteiger partial charge is 0.370 e. The second-order valence-corrected chi connectivity index (χ2v) is 3.53. The van der Waals surface area contributed by atoms with Crippen molar-refractivity contribution in [1.29, 1.82) is 0 Å². The number of hydrogen-bond donors (Lipinski definition) is 2. The molecule has 2 rings (SSSR count). The topological polar surface area (TPSA) is 106 Å². The Morgan fingerprint density at radius 3 is 2.88 bits per heavy atom. The van der Waals surface area contributed by atoms with Gasteiger partial charge in [0.2, 0.25) is 0 Å². The number of nitro groups is 1. The SMILES string of the molecule is NC(=NC1CC1)Nc1ccc([N+](=O)[O-])cn1. The molecule has 0 unspecified atom stereocenters. The maximum atomic E-state index is 10.4. The number of anilines is 1. The molecule has 0 aliphatic heterocycles. The van der Waals surface area contributed by atoms with Crippen LogP contribution < -0.4 is 11.1 Å². The van der Waals surface area contributed by atoms with E-state index in [9.17, 15) is 10.1 Å². The van der Waals surface area contributed by atoms with Gasteiger partial charge in [0.25, 0.3) is 5.69 Å². The Kier molecular flexibility index (Phi) is 2.67. The molecule has 0 spiro atoms. The average Bonchev–Trinajstić information content (AvgIpc) is 3.02. The lowest BCUT2D eigenvalue weighted by atomic mass is 10.4. The zero-order chi connectivity index (χ0) is 11.5. The molecule has 0 aromatic carbocycles. The minimum absolute atomic E-state index is 0.0525. The van der Waals surface area contributed by atoms with E-state index in [1.54, 1.807) is 0 Å². The molecule has 0 saturated heterocycles. The summed E-state index contributed by atoms with van der Waals surface area (Å²) in [6.45, 7) is 0. The zero-order valence-electron chi connectivity index (χ0n) is 8.46. The zero-order valence-corrected chi connectivity index (χ0v) is 8.46. The number of aromatic nitrogens is 1. The second kappa shape index (κ2) is 4.13. The van der Waals surface area contributed by atoms with Crippen molar-refractivity contribution in [3.8, 4) is 0 Å². The van der Waals surface area contributed by atoms with Crippen molar-refractivity contribution < 1.29 is 4.92 Å². The molecular weight excluding hydrogens is 210 g/mol. The first kappa shape index (κ1) is 10.3. The first-order valence-electron chi connectivity index (χ1n) is 4.86. The monoisotopic (exact) mass is 221 g/mol. The number of pyridine rings is 1. The summed E-state index contributed by atoms with van der Waals surface area (Å²) in [6, 6.07) is 3.18. The van der Waals surface area contributed by atoms with Crippen LogP contribution in [0.2, 0.25) is 0 Å². The van der Waals surface area contributed by atoms with Crippen molar-refractivity contribution in [3.05, 3.63) is 28.4 Å². The number of nitrogens with zero attached hydrogens (tertiary/aromatic N) is 3. The highest BCUT2D eigenvalue weighted by Gasteiger charge is 2.20. The number of hydrogen-bond acceptors (Lipinski definition) is 4. The van der Waals surface area contributed by atoms with E-state index in [1.807, 2.05) is 0 Å². The molecule has 3 N–H and O–H groups in total. The third-order valence-electron chi connectivity index (χ3n) is 2.08. The average molecular weight is 221 g/mol. The van der Waals surface area contributed by atoms with Crippen molar-refractivity contribution in [3.63, 3.8) is 0 Å². The number of rotatable bonds is 3. The van der Waals surface area contributed by atoms with Crippen molar-refractivity contribution in [2.45, 2.75) is 18.9 Å². The van der Waals surface area contributed by atoms with Gasteiger partial charge in [-0.1, -0.05) is 0 Å². The maximum Gasteiger partial charge on any atom is 0.287 e. The maximum absolute atomic E-state index is 10.4. The highest BCUT2D eigenvalue weighted by Crippen LogP contribution is 2.23. The number of nitrogens with one attached hydrogen (secondary N) is 1. The summed E-state index contributed by atoms with van der Waals surface area (Å²) in [7, 11) is 0. The fourth-order valence-corrected chi connectivity index (χ4v) is 1.13. The minimum atomic E-state index is -0.502. The van der Waals surface area contributed by atoms with Gasteiger partial charge in [-0.2, -0.15) is 0 Å². The molecule has 7 nitrogen and oxygen atoms in total. The van der Waals surface area contributed by atoms with Crippen LogP contribution in [-0.4, -0.2) is 21.9 Å². The highest BCUT2D eigenvalue weighted by molar-refractivity contribution is 5.91. The molecule has 1 heterocycles. The number of nitrogens with two attached hydrogens (primary N) is 1. The summed E-state index contributed by atoms with van der Waals surface area (Å²) >= 11 is 0. The Morgan fingerprint density at radius 2 is 2.38 bits per heavy atom. The van der Waals surface area contributed by atoms with Gasteiger partial charge in [0.05, 0.1) is 11.0 Å². The van der Waals surface area contributed by atoms with Gasteiger partial charge < -0.3 is 11.1 Å². The molecule has 7 heteroatoms. The summed E-state index contributed by atoms with van der Waals surface area (Å²) in [5.41, 5.74) is 5.56. The van der Waals surface area contributed by atoms with Crippen LogP contribution in [0.5, 0.6) is 0 Å². The van der Waals surface area contributed by atoms with E-state index < -0.39 is 4.92 Å². The van der Waals surface area contributed by atoms with Gasteiger partial charge >= 0.3 is 0 Å². The molecule has 16 heavy (non-hydrogen) atoms. The van der Waals surface area contributed by atoms with Gasteiger partial charge in [-0.25, -0.2) is 9.98 Å². The van der Waals surface area contributed by atoms with Crippen molar-refractivity contribution in [1.82, 2.24) is 4.98 Å². The van der Waals surface area contributed by atoms with Gasteiger partial charge in [-0.15, -0.1) is 0 Å². The van der Waals surface area contributed by atoms with E-state index >= 15 is 0 Å². The summed E-state index contributed by atoms with van der Waals surface area (Å²) in [5, 5.41) is 13.2. The lowest BCUT2D eigenvalue weighted by Gasteiger charge is -2.03. The fraction of sp³-hybridized carbons (Fsp3) is 0.333. The molecule has 84 valence electrons. The molecule has 1 fully saturated rings. The minimum Gasteiger partial charge on any atom is -0.370 e. The van der Waals surface area contributed by atoms with E-state index in [0.717, 1.165) is 12.8 Å². The molecule has 1 aliphatic carbocycles. The molecule has 1 aromatic heterocycles. The second-order valence-electron chi connectivity index (χ2n) is 3.53. The molecule has 0 bridgehead atoms. The highest BCUT2D eigenvalue weighted by atomic mass is 16.6. The Hall–Kier alpha value is -2.18. The van der Waals surface area contributed by atoms with Gasteiger partial charge in [-0.05, 0) is 18.9 Å². The van der Waals surface area contributed by atoms with Crippen LogP contribution in [-0.2, 0) is 0 Å². The first-order valence-corrected chi connectivity index (χ1v) is 4.86. The molecule has 0 radical (unpaired) electrons. The Morgan fingerprint density at radius 1 is 1.62 bits per heavy atom. The van der Waals surface area contributed by atoms with Crippen LogP contribution in [0, 0.1) is 10.1 Å². The lowest BCUT2D eigenvalue weighted by molar-refractivity contribution is -0.385. The summed E-state index contributed by atoms with van der Waals surface area (Å²) < 4.78 is 0.